The summed E-state index contributed by atoms with van der Waals surface area (Å²) in [5.74, 6) is -0.195. The van der Waals surface area contributed by atoms with Gasteiger partial charge in [-0.1, -0.05) is 29.3 Å². The predicted octanol–water partition coefficient (Wildman–Crippen LogP) is 2.54. The molecule has 0 saturated heterocycles. The maximum atomic E-state index is 11.9. The predicted molar refractivity (Wildman–Crippen MR) is 76.5 cm³/mol. The molecule has 0 fully saturated rings. The fraction of sp³-hybridized carbons (Fsp3) is 0. The van der Waals surface area contributed by atoms with E-state index >= 15 is 0 Å². The van der Waals surface area contributed by atoms with Gasteiger partial charge in [-0.2, -0.15) is 8.42 Å². The first-order valence-corrected chi connectivity index (χ1v) is 7.93. The average Bonchev–Trinajstić information content (AvgIpc) is 2.80. The molecule has 9 heteroatoms. The van der Waals surface area contributed by atoms with Gasteiger partial charge >= 0.3 is 0 Å². The molecule has 0 atom stereocenters. The summed E-state index contributed by atoms with van der Waals surface area (Å²) in [4.78, 5) is 3.74. The van der Waals surface area contributed by atoms with E-state index in [0.29, 0.717) is 5.56 Å². The first-order chi connectivity index (χ1) is 8.88. The van der Waals surface area contributed by atoms with Crippen molar-refractivity contribution < 1.29 is 8.42 Å². The van der Waals surface area contributed by atoms with Gasteiger partial charge in [0.05, 0.1) is 0 Å². The van der Waals surface area contributed by atoms with Crippen molar-refractivity contribution in [1.82, 2.24) is 4.98 Å². The summed E-state index contributed by atoms with van der Waals surface area (Å²) in [6.07, 6.45) is 0. The number of pyridine rings is 1. The van der Waals surface area contributed by atoms with Gasteiger partial charge < -0.3 is 5.73 Å². The van der Waals surface area contributed by atoms with E-state index in [9.17, 15) is 8.42 Å². The van der Waals surface area contributed by atoms with E-state index in [2.05, 4.69) is 9.38 Å². The molecule has 0 radical (unpaired) electrons. The second-order valence-electron chi connectivity index (χ2n) is 3.38. The Kier molecular flexibility index (Phi) is 4.10. The van der Waals surface area contributed by atoms with Crippen molar-refractivity contribution in [3.8, 4) is 0 Å². The number of aromatic nitrogens is 1. The lowest BCUT2D eigenvalue weighted by molar-refractivity contribution is 0.600. The molecule has 0 saturated carbocycles. The second-order valence-corrected chi connectivity index (χ2v) is 6.94. The van der Waals surface area contributed by atoms with Gasteiger partial charge in [0.2, 0.25) is 0 Å². The van der Waals surface area contributed by atoms with E-state index in [1.165, 1.54) is 18.2 Å². The zero-order chi connectivity index (χ0) is 14.0. The molecule has 0 aliphatic carbocycles. The minimum Gasteiger partial charge on any atom is -0.383 e. The normalized spacial score (nSPS) is 12.6. The van der Waals surface area contributed by atoms with Crippen LogP contribution in [0.25, 0.3) is 0 Å². The third-order valence-electron chi connectivity index (χ3n) is 2.03. The van der Waals surface area contributed by atoms with Crippen molar-refractivity contribution in [1.29, 1.82) is 0 Å². The molecule has 2 aromatic rings. The van der Waals surface area contributed by atoms with Gasteiger partial charge in [0, 0.05) is 5.56 Å². The number of sulfonamides is 1. The third-order valence-corrected chi connectivity index (χ3v) is 5.08. The van der Waals surface area contributed by atoms with Crippen LogP contribution >= 0.6 is 34.5 Å². The van der Waals surface area contributed by atoms with Crippen LogP contribution in [0.5, 0.6) is 0 Å². The lowest BCUT2D eigenvalue weighted by Crippen LogP contribution is -2.16. The van der Waals surface area contributed by atoms with Crippen LogP contribution in [-0.4, -0.2) is 19.2 Å². The highest BCUT2D eigenvalue weighted by atomic mass is 35.5. The summed E-state index contributed by atoms with van der Waals surface area (Å²) in [5, 5.41) is 1.85. The SMILES string of the molecule is N/C(=N\S(=O)(=O)c1cccs1)c1cc(Cl)nc(Cl)c1. The third kappa shape index (κ3) is 3.44. The number of nitrogens with zero attached hydrogens (tertiary/aromatic N) is 2. The van der Waals surface area contributed by atoms with Gasteiger partial charge in [-0.15, -0.1) is 15.7 Å². The number of hydrogen-bond donors (Lipinski definition) is 1. The van der Waals surface area contributed by atoms with Gasteiger partial charge in [-0.05, 0) is 23.6 Å². The molecule has 0 aromatic carbocycles. The van der Waals surface area contributed by atoms with Crippen LogP contribution in [0.4, 0.5) is 0 Å². The lowest BCUT2D eigenvalue weighted by Gasteiger charge is -2.02. The van der Waals surface area contributed by atoms with Crippen LogP contribution in [0, 0.1) is 0 Å². The fourth-order valence-corrected chi connectivity index (χ4v) is 3.63. The number of rotatable bonds is 3. The Morgan fingerprint density at radius 1 is 1.32 bits per heavy atom. The Hall–Kier alpha value is -1.15. The molecule has 0 aliphatic rings. The summed E-state index contributed by atoms with van der Waals surface area (Å²) in [7, 11) is -3.82. The highest BCUT2D eigenvalue weighted by Gasteiger charge is 2.15. The van der Waals surface area contributed by atoms with E-state index in [1.54, 1.807) is 11.4 Å². The van der Waals surface area contributed by atoms with Crippen LogP contribution in [0.3, 0.4) is 0 Å². The number of hydrogen-bond acceptors (Lipinski definition) is 4. The molecule has 2 heterocycles. The first-order valence-electron chi connectivity index (χ1n) is 4.86. The van der Waals surface area contributed by atoms with Gasteiger partial charge in [-0.3, -0.25) is 0 Å². The van der Waals surface area contributed by atoms with Crippen molar-refractivity contribution in [3.05, 3.63) is 45.5 Å². The summed E-state index contributed by atoms with van der Waals surface area (Å²) in [5.41, 5.74) is 5.95. The van der Waals surface area contributed by atoms with Crippen LogP contribution in [0.2, 0.25) is 10.3 Å². The highest BCUT2D eigenvalue weighted by molar-refractivity contribution is 7.92. The number of halogens is 2. The second kappa shape index (κ2) is 5.46. The summed E-state index contributed by atoms with van der Waals surface area (Å²) in [6.45, 7) is 0. The molecule has 0 aliphatic heterocycles. The lowest BCUT2D eigenvalue weighted by atomic mass is 10.2. The summed E-state index contributed by atoms with van der Waals surface area (Å²) < 4.78 is 27.5. The number of amidine groups is 1. The van der Waals surface area contributed by atoms with Gasteiger partial charge in [0.15, 0.2) is 0 Å². The Bertz CT molecular complexity index is 707. The van der Waals surface area contributed by atoms with E-state index in [4.69, 9.17) is 28.9 Å². The fourth-order valence-electron chi connectivity index (χ4n) is 1.25. The van der Waals surface area contributed by atoms with Gasteiger partial charge in [-0.25, -0.2) is 4.98 Å². The molecule has 0 unspecified atom stereocenters. The van der Waals surface area contributed by atoms with Gasteiger partial charge in [0.1, 0.15) is 20.4 Å². The number of thiophene rings is 1. The number of nitrogens with two attached hydrogens (primary N) is 1. The van der Waals surface area contributed by atoms with E-state index in [0.717, 1.165) is 11.3 Å². The molecular weight excluding hydrogens is 329 g/mol. The maximum Gasteiger partial charge on any atom is 0.293 e. The minimum atomic E-state index is -3.82. The molecule has 100 valence electrons. The minimum absolute atomic E-state index is 0.106. The van der Waals surface area contributed by atoms with Gasteiger partial charge in [0.25, 0.3) is 10.0 Å². The van der Waals surface area contributed by atoms with Crippen molar-refractivity contribution >= 4 is 50.4 Å². The van der Waals surface area contributed by atoms with E-state index in [-0.39, 0.29) is 20.4 Å². The molecule has 2 aromatic heterocycles. The van der Waals surface area contributed by atoms with Crippen LogP contribution in [-0.2, 0) is 10.0 Å². The zero-order valence-electron chi connectivity index (χ0n) is 9.25. The van der Waals surface area contributed by atoms with Crippen molar-refractivity contribution in [2.75, 3.05) is 0 Å². The van der Waals surface area contributed by atoms with Crippen LogP contribution < -0.4 is 5.73 Å². The Balaban J connectivity index is 2.44. The Morgan fingerprint density at radius 3 is 2.47 bits per heavy atom. The standard InChI is InChI=1S/C10H7Cl2N3O2S2/c11-7-4-6(5-8(12)14-7)10(13)15-19(16,17)9-2-1-3-18-9/h1-5H,(H2,13,15). The first kappa shape index (κ1) is 14.3. The molecule has 2 N–H and O–H groups in total. The highest BCUT2D eigenvalue weighted by Crippen LogP contribution is 2.20. The van der Waals surface area contributed by atoms with Crippen LogP contribution in [0.15, 0.2) is 38.3 Å². The Morgan fingerprint density at radius 2 is 1.95 bits per heavy atom. The zero-order valence-corrected chi connectivity index (χ0v) is 12.4. The molecule has 0 spiro atoms. The molecule has 0 bridgehead atoms. The van der Waals surface area contributed by atoms with E-state index in [1.807, 2.05) is 0 Å². The molecule has 0 amide bonds. The largest absolute Gasteiger partial charge is 0.383 e. The smallest absolute Gasteiger partial charge is 0.293 e. The molecule has 19 heavy (non-hydrogen) atoms. The van der Waals surface area contributed by atoms with Crippen molar-refractivity contribution in [3.63, 3.8) is 0 Å². The van der Waals surface area contributed by atoms with Crippen molar-refractivity contribution in [2.24, 2.45) is 10.1 Å². The molecule has 2 rings (SSSR count). The summed E-state index contributed by atoms with van der Waals surface area (Å²) >= 11 is 12.5. The average molecular weight is 336 g/mol. The van der Waals surface area contributed by atoms with Crippen LogP contribution in [0.1, 0.15) is 5.56 Å². The van der Waals surface area contributed by atoms with Crippen molar-refractivity contribution in [2.45, 2.75) is 4.21 Å². The monoisotopic (exact) mass is 335 g/mol. The molecular formula is C10H7Cl2N3O2S2. The Labute approximate surface area is 123 Å². The maximum absolute atomic E-state index is 11.9. The quantitative estimate of drug-likeness (QED) is 0.530. The summed E-state index contributed by atoms with van der Waals surface area (Å²) in [6, 6.07) is 5.83. The van der Waals surface area contributed by atoms with E-state index < -0.39 is 10.0 Å². The topological polar surface area (TPSA) is 85.4 Å². The molecule has 5 nitrogen and oxygen atoms in total.